The molecule has 112 valence electrons. The first-order valence-electron chi connectivity index (χ1n) is 7.20. The minimum atomic E-state index is -0.158. The number of nitrogens with two attached hydrogens (primary N) is 1. The largest absolute Gasteiger partial charge is 0.367 e. The maximum absolute atomic E-state index is 14.1. The molecule has 2 rings (SSSR count). The van der Waals surface area contributed by atoms with Gasteiger partial charge in [-0.15, -0.1) is 0 Å². The van der Waals surface area contributed by atoms with Crippen molar-refractivity contribution in [3.05, 3.63) is 29.6 Å². The molecule has 4 nitrogen and oxygen atoms in total. The lowest BCUT2D eigenvalue weighted by molar-refractivity contribution is 0.229. The maximum atomic E-state index is 14.1. The summed E-state index contributed by atoms with van der Waals surface area (Å²) in [5.41, 5.74) is 7.08. The van der Waals surface area contributed by atoms with Gasteiger partial charge in [0.2, 0.25) is 0 Å². The summed E-state index contributed by atoms with van der Waals surface area (Å²) in [5, 5.41) is 0. The first-order valence-corrected chi connectivity index (χ1v) is 7.20. The van der Waals surface area contributed by atoms with E-state index in [4.69, 9.17) is 5.73 Å². The smallest absolute Gasteiger partial charge is 0.146 e. The highest BCUT2D eigenvalue weighted by atomic mass is 19.1. The summed E-state index contributed by atoms with van der Waals surface area (Å²) in [6, 6.07) is 5.32. The summed E-state index contributed by atoms with van der Waals surface area (Å²) < 4.78 is 14.1. The van der Waals surface area contributed by atoms with Crippen LogP contribution in [0.3, 0.4) is 0 Å². The number of piperazine rings is 1. The quantitative estimate of drug-likeness (QED) is 0.872. The number of benzene rings is 1. The predicted octanol–water partition coefficient (Wildman–Crippen LogP) is 0.968. The summed E-state index contributed by atoms with van der Waals surface area (Å²) >= 11 is 0. The van der Waals surface area contributed by atoms with Crippen molar-refractivity contribution in [3.8, 4) is 0 Å². The van der Waals surface area contributed by atoms with Crippen molar-refractivity contribution < 1.29 is 4.39 Å². The first-order chi connectivity index (χ1) is 9.60. The summed E-state index contributed by atoms with van der Waals surface area (Å²) in [4.78, 5) is 6.75. The average molecular weight is 280 g/mol. The highest BCUT2D eigenvalue weighted by Crippen LogP contribution is 2.21. The number of hydrogen-bond acceptors (Lipinski definition) is 4. The van der Waals surface area contributed by atoms with Crippen molar-refractivity contribution in [3.63, 3.8) is 0 Å². The van der Waals surface area contributed by atoms with Crippen molar-refractivity contribution in [1.29, 1.82) is 0 Å². The van der Waals surface area contributed by atoms with Gasteiger partial charge in [-0.05, 0) is 31.8 Å². The summed E-state index contributed by atoms with van der Waals surface area (Å²) in [6.07, 6.45) is 0. The predicted molar refractivity (Wildman–Crippen MR) is 81.5 cm³/mol. The summed E-state index contributed by atoms with van der Waals surface area (Å²) in [5.74, 6) is -0.158. The molecule has 1 heterocycles. The van der Waals surface area contributed by atoms with Crippen LogP contribution in [0.2, 0.25) is 0 Å². The third-order valence-electron chi connectivity index (χ3n) is 3.82. The highest BCUT2D eigenvalue weighted by Gasteiger charge is 2.19. The van der Waals surface area contributed by atoms with Crippen molar-refractivity contribution in [2.24, 2.45) is 5.73 Å². The first kappa shape index (κ1) is 15.2. The highest BCUT2D eigenvalue weighted by molar-refractivity contribution is 5.49. The number of halogens is 1. The molecule has 2 N–H and O–H groups in total. The third kappa shape index (κ3) is 3.91. The van der Waals surface area contributed by atoms with Gasteiger partial charge in [0, 0.05) is 45.8 Å². The minimum Gasteiger partial charge on any atom is -0.367 e. The Kier molecular flexibility index (Phi) is 5.34. The fourth-order valence-corrected chi connectivity index (χ4v) is 2.49. The topological polar surface area (TPSA) is 35.7 Å². The number of anilines is 1. The second-order valence-electron chi connectivity index (χ2n) is 5.62. The lowest BCUT2D eigenvalue weighted by atomic mass is 10.1. The second-order valence-corrected chi connectivity index (χ2v) is 5.62. The number of nitrogens with zero attached hydrogens (tertiary/aromatic N) is 3. The zero-order valence-electron chi connectivity index (χ0n) is 12.5. The van der Waals surface area contributed by atoms with E-state index in [1.54, 1.807) is 6.07 Å². The maximum Gasteiger partial charge on any atom is 0.146 e. The van der Waals surface area contributed by atoms with Crippen LogP contribution in [-0.2, 0) is 6.54 Å². The standard InChI is InChI=1S/C15H25FN4/c1-18(2)5-6-19-7-9-20(10-8-19)15-4-3-13(12-17)11-14(15)16/h3-4,11H,5-10,12,17H2,1-2H3. The van der Waals surface area contributed by atoms with Crippen molar-refractivity contribution in [2.75, 3.05) is 58.3 Å². The Morgan fingerprint density at radius 3 is 2.45 bits per heavy atom. The van der Waals surface area contributed by atoms with Gasteiger partial charge in [0.25, 0.3) is 0 Å². The molecule has 0 amide bonds. The SMILES string of the molecule is CN(C)CCN1CCN(c2ccc(CN)cc2F)CC1. The van der Waals surface area contributed by atoms with Gasteiger partial charge in [0.1, 0.15) is 5.82 Å². The van der Waals surface area contributed by atoms with E-state index in [9.17, 15) is 4.39 Å². The van der Waals surface area contributed by atoms with Crippen LogP contribution >= 0.6 is 0 Å². The zero-order chi connectivity index (χ0) is 14.5. The molecule has 1 fully saturated rings. The van der Waals surface area contributed by atoms with Crippen LogP contribution in [-0.4, -0.2) is 63.2 Å². The van der Waals surface area contributed by atoms with Gasteiger partial charge in [0.15, 0.2) is 0 Å². The molecule has 1 aliphatic heterocycles. The molecule has 0 radical (unpaired) electrons. The van der Waals surface area contributed by atoms with Crippen LogP contribution in [0.4, 0.5) is 10.1 Å². The van der Waals surface area contributed by atoms with E-state index in [2.05, 4.69) is 28.8 Å². The Morgan fingerprint density at radius 1 is 1.20 bits per heavy atom. The van der Waals surface area contributed by atoms with Gasteiger partial charge in [-0.3, -0.25) is 4.90 Å². The summed E-state index contributed by atoms with van der Waals surface area (Å²) in [6.45, 7) is 6.28. The zero-order valence-corrected chi connectivity index (χ0v) is 12.5. The van der Waals surface area contributed by atoms with Crippen LogP contribution < -0.4 is 10.6 Å². The lowest BCUT2D eigenvalue weighted by Gasteiger charge is -2.36. The molecular formula is C15H25FN4. The van der Waals surface area contributed by atoms with E-state index in [1.165, 1.54) is 0 Å². The molecule has 1 aromatic carbocycles. The van der Waals surface area contributed by atoms with Crippen LogP contribution in [0.5, 0.6) is 0 Å². The van der Waals surface area contributed by atoms with Crippen LogP contribution in [0.15, 0.2) is 18.2 Å². The molecule has 0 spiro atoms. The molecule has 20 heavy (non-hydrogen) atoms. The Morgan fingerprint density at radius 2 is 1.90 bits per heavy atom. The van der Waals surface area contributed by atoms with Crippen LogP contribution in [0, 0.1) is 5.82 Å². The lowest BCUT2D eigenvalue weighted by Crippen LogP contribution is -2.48. The minimum absolute atomic E-state index is 0.158. The third-order valence-corrected chi connectivity index (χ3v) is 3.82. The molecule has 1 aromatic rings. The van der Waals surface area contributed by atoms with Gasteiger partial charge in [-0.2, -0.15) is 0 Å². The van der Waals surface area contributed by atoms with E-state index in [1.807, 2.05) is 12.1 Å². The van der Waals surface area contributed by atoms with E-state index in [-0.39, 0.29) is 5.82 Å². The van der Waals surface area contributed by atoms with E-state index in [0.29, 0.717) is 12.2 Å². The number of likely N-dealkylation sites (N-methyl/N-ethyl adjacent to an activating group) is 1. The van der Waals surface area contributed by atoms with Crippen LogP contribution in [0.1, 0.15) is 5.56 Å². The van der Waals surface area contributed by atoms with Crippen LogP contribution in [0.25, 0.3) is 0 Å². The molecule has 5 heteroatoms. The summed E-state index contributed by atoms with van der Waals surface area (Å²) in [7, 11) is 4.18. The average Bonchev–Trinajstić information content (AvgIpc) is 2.45. The van der Waals surface area contributed by atoms with Gasteiger partial charge in [-0.1, -0.05) is 6.07 Å². The van der Waals surface area contributed by atoms with Crippen molar-refractivity contribution in [2.45, 2.75) is 6.54 Å². The molecule has 0 aromatic heterocycles. The van der Waals surface area contributed by atoms with Gasteiger partial charge in [-0.25, -0.2) is 4.39 Å². The van der Waals surface area contributed by atoms with Crippen molar-refractivity contribution >= 4 is 5.69 Å². The second kappa shape index (κ2) is 7.02. The Bertz CT molecular complexity index is 428. The van der Waals surface area contributed by atoms with E-state index in [0.717, 1.165) is 44.8 Å². The number of rotatable bonds is 5. The Balaban J connectivity index is 1.90. The Hall–Kier alpha value is -1.17. The molecule has 0 unspecified atom stereocenters. The van der Waals surface area contributed by atoms with Gasteiger partial charge < -0.3 is 15.5 Å². The van der Waals surface area contributed by atoms with E-state index >= 15 is 0 Å². The molecule has 1 aliphatic rings. The fraction of sp³-hybridized carbons (Fsp3) is 0.600. The molecule has 0 bridgehead atoms. The number of hydrogen-bond donors (Lipinski definition) is 1. The molecule has 0 atom stereocenters. The van der Waals surface area contributed by atoms with E-state index < -0.39 is 0 Å². The van der Waals surface area contributed by atoms with Crippen molar-refractivity contribution in [1.82, 2.24) is 9.80 Å². The molecule has 0 saturated carbocycles. The van der Waals surface area contributed by atoms with Gasteiger partial charge in [0.05, 0.1) is 5.69 Å². The normalized spacial score (nSPS) is 16.9. The molecule has 1 saturated heterocycles. The monoisotopic (exact) mass is 280 g/mol. The Labute approximate surface area is 120 Å². The molecule has 0 aliphatic carbocycles. The van der Waals surface area contributed by atoms with Gasteiger partial charge >= 0.3 is 0 Å². The fourth-order valence-electron chi connectivity index (χ4n) is 2.49. The molecular weight excluding hydrogens is 255 g/mol.